The number of aliphatic hydroxyl groups is 1. The molecule has 1 atom stereocenters. The lowest BCUT2D eigenvalue weighted by molar-refractivity contribution is -0.132. The second kappa shape index (κ2) is 11.6. The van der Waals surface area contributed by atoms with E-state index in [2.05, 4.69) is 4.90 Å². The quantitative estimate of drug-likeness (QED) is 0.505. The first-order valence-corrected chi connectivity index (χ1v) is 11.7. The van der Waals surface area contributed by atoms with Gasteiger partial charge in [0, 0.05) is 38.3 Å². The van der Waals surface area contributed by atoms with Crippen LogP contribution < -0.4 is 19.1 Å². The smallest absolute Gasteiger partial charge is 0.224 e. The number of amides is 1. The zero-order chi connectivity index (χ0) is 24.6. The average Bonchev–Trinajstić information content (AvgIpc) is 2.89. The summed E-state index contributed by atoms with van der Waals surface area (Å²) in [6.07, 6.45) is -0.369. The van der Waals surface area contributed by atoms with Crippen LogP contribution in [0, 0.1) is 0 Å². The number of nitrogens with zero attached hydrogens (tertiary/aromatic N) is 2. The van der Waals surface area contributed by atoms with Gasteiger partial charge in [-0.15, -0.1) is 0 Å². The maximum Gasteiger partial charge on any atom is 0.224 e. The van der Waals surface area contributed by atoms with E-state index in [0.29, 0.717) is 38.3 Å². The van der Waals surface area contributed by atoms with Crippen LogP contribution in [0.5, 0.6) is 17.2 Å². The summed E-state index contributed by atoms with van der Waals surface area (Å²) in [5.74, 6) is 2.22. The van der Waals surface area contributed by atoms with Crippen molar-refractivity contribution < 1.29 is 24.1 Å². The number of hydrogen-bond acceptors (Lipinski definition) is 6. The first kappa shape index (κ1) is 24.4. The van der Waals surface area contributed by atoms with E-state index in [-0.39, 0.29) is 12.5 Å². The van der Waals surface area contributed by atoms with Crippen molar-refractivity contribution in [2.24, 2.45) is 0 Å². The van der Waals surface area contributed by atoms with Crippen molar-refractivity contribution in [3.05, 3.63) is 83.9 Å². The van der Waals surface area contributed by atoms with Gasteiger partial charge in [-0.1, -0.05) is 30.3 Å². The lowest BCUT2D eigenvalue weighted by Gasteiger charge is -2.34. The first-order valence-electron chi connectivity index (χ1n) is 11.7. The summed E-state index contributed by atoms with van der Waals surface area (Å²) in [6.45, 7) is 2.01. The standard InChI is InChI=1S/C28H32N2O5/c1-33-24-8-10-25(11-9-24)35-20-23(31)19-29-15-14-28(32)30(17-21-6-4-3-5-7-21)18-22-16-26(34-2)12-13-27(22)29/h3-13,16,23,31H,14-15,17-20H2,1-2H3. The molecule has 0 aliphatic carbocycles. The highest BCUT2D eigenvalue weighted by Gasteiger charge is 2.25. The molecule has 3 aromatic rings. The summed E-state index contributed by atoms with van der Waals surface area (Å²) in [6, 6.07) is 23.1. The summed E-state index contributed by atoms with van der Waals surface area (Å²) in [7, 11) is 3.25. The number of rotatable bonds is 9. The van der Waals surface area contributed by atoms with Crippen LogP contribution in [0.4, 0.5) is 5.69 Å². The Bertz CT molecular complexity index is 1100. The molecule has 1 heterocycles. The first-order chi connectivity index (χ1) is 17.1. The average molecular weight is 477 g/mol. The summed E-state index contributed by atoms with van der Waals surface area (Å²) < 4.78 is 16.4. The van der Waals surface area contributed by atoms with Gasteiger partial charge in [-0.25, -0.2) is 0 Å². The van der Waals surface area contributed by atoms with Gasteiger partial charge in [0.1, 0.15) is 30.0 Å². The highest BCUT2D eigenvalue weighted by atomic mass is 16.5. The summed E-state index contributed by atoms with van der Waals surface area (Å²) >= 11 is 0. The second-order valence-corrected chi connectivity index (χ2v) is 8.57. The van der Waals surface area contributed by atoms with Gasteiger partial charge in [-0.3, -0.25) is 4.79 Å². The van der Waals surface area contributed by atoms with E-state index in [0.717, 1.165) is 28.3 Å². The molecule has 1 amide bonds. The minimum atomic E-state index is -0.734. The number of carbonyl (C=O) groups excluding carboxylic acids is 1. The van der Waals surface area contributed by atoms with E-state index in [1.165, 1.54) is 0 Å². The molecule has 0 saturated heterocycles. The third-order valence-electron chi connectivity index (χ3n) is 6.09. The Hall–Kier alpha value is -3.71. The van der Waals surface area contributed by atoms with E-state index >= 15 is 0 Å². The van der Waals surface area contributed by atoms with Crippen LogP contribution in [0.3, 0.4) is 0 Å². The third-order valence-corrected chi connectivity index (χ3v) is 6.09. The maximum absolute atomic E-state index is 13.1. The van der Waals surface area contributed by atoms with Crippen LogP contribution in [0.15, 0.2) is 72.8 Å². The van der Waals surface area contributed by atoms with Gasteiger partial charge in [0.05, 0.1) is 14.2 Å². The SMILES string of the molecule is COc1ccc(OCC(O)CN2CCC(=O)N(Cc3ccccc3)Cc3cc(OC)ccc32)cc1. The minimum absolute atomic E-state index is 0.0799. The summed E-state index contributed by atoms with van der Waals surface area (Å²) in [5, 5.41) is 10.8. The Kier molecular flexibility index (Phi) is 8.11. The van der Waals surface area contributed by atoms with Crippen molar-refractivity contribution in [3.8, 4) is 17.2 Å². The van der Waals surface area contributed by atoms with Crippen molar-refractivity contribution in [1.29, 1.82) is 0 Å². The Labute approximate surface area is 206 Å². The lowest BCUT2D eigenvalue weighted by Crippen LogP contribution is -2.41. The Balaban J connectivity index is 1.48. The van der Waals surface area contributed by atoms with Crippen LogP contribution in [-0.2, 0) is 17.9 Å². The predicted octanol–water partition coefficient (Wildman–Crippen LogP) is 3.88. The molecule has 0 radical (unpaired) electrons. The van der Waals surface area contributed by atoms with Crippen LogP contribution in [-0.4, -0.2) is 55.9 Å². The van der Waals surface area contributed by atoms with Gasteiger partial charge in [0.2, 0.25) is 5.91 Å². The van der Waals surface area contributed by atoms with Crippen molar-refractivity contribution >= 4 is 11.6 Å². The molecule has 184 valence electrons. The monoisotopic (exact) mass is 476 g/mol. The van der Waals surface area contributed by atoms with E-state index < -0.39 is 6.10 Å². The second-order valence-electron chi connectivity index (χ2n) is 8.57. The summed E-state index contributed by atoms with van der Waals surface area (Å²) in [5.41, 5.74) is 3.06. The highest BCUT2D eigenvalue weighted by Crippen LogP contribution is 2.30. The Morgan fingerprint density at radius 3 is 2.29 bits per heavy atom. The van der Waals surface area contributed by atoms with Gasteiger partial charge < -0.3 is 29.1 Å². The minimum Gasteiger partial charge on any atom is -0.497 e. The van der Waals surface area contributed by atoms with Crippen LogP contribution in [0.2, 0.25) is 0 Å². The molecule has 1 aliphatic rings. The largest absolute Gasteiger partial charge is 0.497 e. The topological polar surface area (TPSA) is 71.5 Å². The van der Waals surface area contributed by atoms with Crippen molar-refractivity contribution in [2.75, 3.05) is 38.8 Å². The summed E-state index contributed by atoms with van der Waals surface area (Å²) in [4.78, 5) is 17.0. The number of aliphatic hydroxyl groups excluding tert-OH is 1. The molecule has 1 unspecified atom stereocenters. The normalized spacial score (nSPS) is 14.5. The molecule has 0 bridgehead atoms. The van der Waals surface area contributed by atoms with Gasteiger partial charge >= 0.3 is 0 Å². The fraction of sp³-hybridized carbons (Fsp3) is 0.321. The number of methoxy groups -OCH3 is 2. The molecule has 3 aromatic carbocycles. The molecule has 7 nitrogen and oxygen atoms in total. The molecule has 7 heteroatoms. The molecule has 35 heavy (non-hydrogen) atoms. The highest BCUT2D eigenvalue weighted by molar-refractivity contribution is 5.78. The molecule has 1 aliphatic heterocycles. The van der Waals surface area contributed by atoms with Crippen molar-refractivity contribution in [1.82, 2.24) is 4.90 Å². The van der Waals surface area contributed by atoms with Gasteiger partial charge in [-0.05, 0) is 53.6 Å². The molecule has 0 fully saturated rings. The molecular formula is C28H32N2O5. The molecule has 0 aromatic heterocycles. The van der Waals surface area contributed by atoms with Crippen LogP contribution in [0.1, 0.15) is 17.5 Å². The van der Waals surface area contributed by atoms with Crippen molar-refractivity contribution in [2.45, 2.75) is 25.6 Å². The van der Waals surface area contributed by atoms with Crippen LogP contribution in [0.25, 0.3) is 0 Å². The van der Waals surface area contributed by atoms with Crippen LogP contribution >= 0.6 is 0 Å². The number of β-amino-alcohol motifs (C(OH)–C–C–N with tert-alkyl or cyclic N) is 1. The number of hydrogen-bond donors (Lipinski definition) is 1. The zero-order valence-corrected chi connectivity index (χ0v) is 20.2. The fourth-order valence-corrected chi connectivity index (χ4v) is 4.24. The van der Waals surface area contributed by atoms with E-state index in [9.17, 15) is 9.90 Å². The fourth-order valence-electron chi connectivity index (χ4n) is 4.24. The molecule has 1 N–H and O–H groups in total. The van der Waals surface area contributed by atoms with E-state index in [1.807, 2.05) is 77.7 Å². The lowest BCUT2D eigenvalue weighted by atomic mass is 10.1. The number of fused-ring (bicyclic) bond motifs is 1. The number of benzene rings is 3. The number of anilines is 1. The molecule has 0 saturated carbocycles. The Morgan fingerprint density at radius 1 is 0.886 bits per heavy atom. The van der Waals surface area contributed by atoms with Gasteiger partial charge in [0.25, 0.3) is 0 Å². The van der Waals surface area contributed by atoms with E-state index in [4.69, 9.17) is 14.2 Å². The molecule has 4 rings (SSSR count). The van der Waals surface area contributed by atoms with Gasteiger partial charge in [-0.2, -0.15) is 0 Å². The third kappa shape index (κ3) is 6.45. The predicted molar refractivity (Wildman–Crippen MR) is 135 cm³/mol. The van der Waals surface area contributed by atoms with E-state index in [1.54, 1.807) is 14.2 Å². The Morgan fingerprint density at radius 2 is 1.57 bits per heavy atom. The van der Waals surface area contributed by atoms with Gasteiger partial charge in [0.15, 0.2) is 0 Å². The number of carbonyl (C=O) groups is 1. The maximum atomic E-state index is 13.1. The molecular weight excluding hydrogens is 444 g/mol. The molecule has 0 spiro atoms. The van der Waals surface area contributed by atoms with Crippen molar-refractivity contribution in [3.63, 3.8) is 0 Å². The zero-order valence-electron chi connectivity index (χ0n) is 20.2. The number of ether oxygens (including phenoxy) is 3.